The zero-order valence-electron chi connectivity index (χ0n) is 14.2. The Morgan fingerprint density at radius 1 is 1.25 bits per heavy atom. The van der Waals surface area contributed by atoms with Crippen LogP contribution in [0.3, 0.4) is 0 Å². The molecule has 1 atom stereocenters. The maximum Gasteiger partial charge on any atom is 0.243 e. The van der Waals surface area contributed by atoms with Gasteiger partial charge in [-0.3, -0.25) is 4.79 Å². The Bertz CT molecular complexity index is 668. The minimum Gasteiger partial charge on any atom is -0.352 e. The number of carbonyl (C=O) groups excluding carboxylic acids is 1. The van der Waals surface area contributed by atoms with Gasteiger partial charge in [-0.2, -0.15) is 4.31 Å². The zero-order valence-corrected chi connectivity index (χ0v) is 15.1. The first-order valence-electron chi connectivity index (χ1n) is 8.09. The summed E-state index contributed by atoms with van der Waals surface area (Å²) >= 11 is 0. The molecule has 2 rings (SSSR count). The fourth-order valence-corrected chi connectivity index (χ4v) is 4.27. The van der Waals surface area contributed by atoms with Crippen LogP contribution in [0, 0.1) is 0 Å². The van der Waals surface area contributed by atoms with Crippen LogP contribution in [0.4, 0.5) is 0 Å². The normalized spacial score (nSPS) is 18.3. The predicted molar refractivity (Wildman–Crippen MR) is 92.8 cm³/mol. The lowest BCUT2D eigenvalue weighted by Crippen LogP contribution is -2.47. The van der Waals surface area contributed by atoms with Gasteiger partial charge in [0.15, 0.2) is 0 Å². The van der Waals surface area contributed by atoms with E-state index in [1.54, 1.807) is 31.2 Å². The van der Waals surface area contributed by atoms with Gasteiger partial charge in [0.1, 0.15) is 0 Å². The number of benzene rings is 1. The minimum atomic E-state index is -3.56. The molecular weight excluding hydrogens is 328 g/mol. The Hall–Kier alpha value is -1.48. The monoisotopic (exact) mass is 354 g/mol. The maximum atomic E-state index is 12.9. The standard InChI is InChI=1S/C16H26N4O3S/c1-13(17)11-16(21)18-12-14-5-3-4-6-15(14)24(22,23)20-9-7-19(2)8-10-20/h3-6,13H,7-12,17H2,1-2H3,(H,18,21). The second-order valence-corrected chi connectivity index (χ2v) is 8.18. The summed E-state index contributed by atoms with van der Waals surface area (Å²) in [6, 6.07) is 6.58. The molecule has 0 spiro atoms. The number of hydrogen-bond acceptors (Lipinski definition) is 5. The van der Waals surface area contributed by atoms with Crippen LogP contribution in [0.5, 0.6) is 0 Å². The van der Waals surface area contributed by atoms with E-state index in [2.05, 4.69) is 10.2 Å². The van der Waals surface area contributed by atoms with Crippen LogP contribution in [0.25, 0.3) is 0 Å². The van der Waals surface area contributed by atoms with E-state index in [9.17, 15) is 13.2 Å². The number of amides is 1. The molecule has 1 aliphatic heterocycles. The number of nitrogens with zero attached hydrogens (tertiary/aromatic N) is 2. The highest BCUT2D eigenvalue weighted by Crippen LogP contribution is 2.21. The summed E-state index contributed by atoms with van der Waals surface area (Å²) in [5, 5.41) is 2.74. The van der Waals surface area contributed by atoms with Gasteiger partial charge < -0.3 is 16.0 Å². The Kier molecular flexibility index (Phi) is 6.34. The van der Waals surface area contributed by atoms with Crippen molar-refractivity contribution in [3.63, 3.8) is 0 Å². The molecule has 0 bridgehead atoms. The molecule has 1 amide bonds. The van der Waals surface area contributed by atoms with Gasteiger partial charge in [0.2, 0.25) is 15.9 Å². The SMILES string of the molecule is CC(N)CC(=O)NCc1ccccc1S(=O)(=O)N1CCN(C)CC1. The largest absolute Gasteiger partial charge is 0.352 e. The number of nitrogens with one attached hydrogen (secondary N) is 1. The summed E-state index contributed by atoms with van der Waals surface area (Å²) in [5.41, 5.74) is 6.19. The molecule has 3 N–H and O–H groups in total. The summed E-state index contributed by atoms with van der Waals surface area (Å²) < 4.78 is 27.3. The molecule has 1 aromatic carbocycles. The van der Waals surface area contributed by atoms with Crippen LogP contribution in [0.2, 0.25) is 0 Å². The highest BCUT2D eigenvalue weighted by atomic mass is 32.2. The Balaban J connectivity index is 2.14. The van der Waals surface area contributed by atoms with Crippen LogP contribution in [0.15, 0.2) is 29.2 Å². The first kappa shape index (κ1) is 18.9. The maximum absolute atomic E-state index is 12.9. The lowest BCUT2D eigenvalue weighted by Gasteiger charge is -2.32. The average Bonchev–Trinajstić information content (AvgIpc) is 2.53. The Morgan fingerprint density at radius 3 is 2.50 bits per heavy atom. The third-order valence-corrected chi connectivity index (χ3v) is 6.04. The summed E-state index contributed by atoms with van der Waals surface area (Å²) in [5.74, 6) is -0.184. The van der Waals surface area contributed by atoms with Gasteiger partial charge in [-0.1, -0.05) is 18.2 Å². The molecule has 1 heterocycles. The molecule has 8 heteroatoms. The molecule has 134 valence electrons. The van der Waals surface area contributed by atoms with Crippen LogP contribution in [0.1, 0.15) is 18.9 Å². The molecule has 1 saturated heterocycles. The van der Waals surface area contributed by atoms with Crippen molar-refractivity contribution in [3.05, 3.63) is 29.8 Å². The fraction of sp³-hybridized carbons (Fsp3) is 0.562. The molecule has 0 radical (unpaired) electrons. The lowest BCUT2D eigenvalue weighted by atomic mass is 10.2. The summed E-state index contributed by atoms with van der Waals surface area (Å²) in [6.45, 7) is 4.31. The van der Waals surface area contributed by atoms with Crippen LogP contribution in [-0.2, 0) is 21.4 Å². The van der Waals surface area contributed by atoms with Crippen molar-refractivity contribution in [1.29, 1.82) is 0 Å². The molecule has 0 aliphatic carbocycles. The van der Waals surface area contributed by atoms with E-state index in [1.807, 2.05) is 7.05 Å². The van der Waals surface area contributed by atoms with E-state index in [4.69, 9.17) is 5.73 Å². The Labute approximate surface area is 143 Å². The molecule has 1 fully saturated rings. The van der Waals surface area contributed by atoms with Gasteiger partial charge in [0.05, 0.1) is 4.90 Å². The number of likely N-dealkylation sites (N-methyl/N-ethyl adjacent to an activating group) is 1. The number of hydrogen-bond donors (Lipinski definition) is 2. The highest BCUT2D eigenvalue weighted by molar-refractivity contribution is 7.89. The molecule has 24 heavy (non-hydrogen) atoms. The number of sulfonamides is 1. The molecular formula is C16H26N4O3S. The third-order valence-electron chi connectivity index (χ3n) is 4.04. The van der Waals surface area contributed by atoms with Crippen molar-refractivity contribution in [1.82, 2.24) is 14.5 Å². The van der Waals surface area contributed by atoms with Gasteiger partial charge >= 0.3 is 0 Å². The molecule has 0 aromatic heterocycles. The fourth-order valence-electron chi connectivity index (χ4n) is 2.63. The average molecular weight is 354 g/mol. The second-order valence-electron chi connectivity index (χ2n) is 6.27. The zero-order chi connectivity index (χ0) is 17.7. The van der Waals surface area contributed by atoms with Crippen molar-refractivity contribution >= 4 is 15.9 Å². The number of carbonyl (C=O) groups is 1. The van der Waals surface area contributed by atoms with Crippen LogP contribution in [-0.4, -0.2) is 62.8 Å². The van der Waals surface area contributed by atoms with Crippen LogP contribution >= 0.6 is 0 Å². The molecule has 0 saturated carbocycles. The number of nitrogens with two attached hydrogens (primary N) is 1. The summed E-state index contributed by atoms with van der Waals surface area (Å²) in [6.07, 6.45) is 0.216. The first-order valence-corrected chi connectivity index (χ1v) is 9.53. The van der Waals surface area contributed by atoms with E-state index in [0.29, 0.717) is 31.7 Å². The second kappa shape index (κ2) is 8.06. The topological polar surface area (TPSA) is 95.7 Å². The quantitative estimate of drug-likeness (QED) is 0.748. The molecule has 7 nitrogen and oxygen atoms in total. The van der Waals surface area contributed by atoms with Crippen LogP contribution < -0.4 is 11.1 Å². The van der Waals surface area contributed by atoms with Gasteiger partial charge in [-0.15, -0.1) is 0 Å². The van der Waals surface area contributed by atoms with Gasteiger partial charge in [0.25, 0.3) is 0 Å². The third kappa shape index (κ3) is 4.76. The van der Waals surface area contributed by atoms with Gasteiger partial charge in [-0.25, -0.2) is 8.42 Å². The Morgan fingerprint density at radius 2 is 1.88 bits per heavy atom. The van der Waals surface area contributed by atoms with Crippen molar-refractivity contribution in [3.8, 4) is 0 Å². The molecule has 1 aliphatic rings. The predicted octanol–water partition coefficient (Wildman–Crippen LogP) is -0.0238. The summed E-state index contributed by atoms with van der Waals surface area (Å²) in [4.78, 5) is 14.1. The van der Waals surface area contributed by atoms with Crippen molar-refractivity contribution in [2.75, 3.05) is 33.2 Å². The summed E-state index contributed by atoms with van der Waals surface area (Å²) in [7, 11) is -1.58. The van der Waals surface area contributed by atoms with E-state index in [0.717, 1.165) is 0 Å². The number of piperazine rings is 1. The number of rotatable bonds is 6. The molecule has 1 aromatic rings. The lowest BCUT2D eigenvalue weighted by molar-refractivity contribution is -0.121. The van der Waals surface area contributed by atoms with Crippen molar-refractivity contribution in [2.45, 2.75) is 30.8 Å². The van der Waals surface area contributed by atoms with Gasteiger partial charge in [0, 0.05) is 45.2 Å². The van der Waals surface area contributed by atoms with E-state index in [-0.39, 0.29) is 29.8 Å². The van der Waals surface area contributed by atoms with E-state index < -0.39 is 10.0 Å². The highest BCUT2D eigenvalue weighted by Gasteiger charge is 2.29. The van der Waals surface area contributed by atoms with Gasteiger partial charge in [-0.05, 0) is 25.6 Å². The minimum absolute atomic E-state index is 0.175. The molecule has 1 unspecified atom stereocenters. The van der Waals surface area contributed by atoms with E-state index >= 15 is 0 Å². The van der Waals surface area contributed by atoms with E-state index in [1.165, 1.54) is 4.31 Å². The van der Waals surface area contributed by atoms with Crippen molar-refractivity contribution < 1.29 is 13.2 Å². The first-order chi connectivity index (χ1) is 11.3. The smallest absolute Gasteiger partial charge is 0.243 e. The van der Waals surface area contributed by atoms with Crippen molar-refractivity contribution in [2.24, 2.45) is 5.73 Å².